The number of nitrogens with zero attached hydrogens (tertiary/aromatic N) is 5. The van der Waals surface area contributed by atoms with E-state index in [1.54, 1.807) is 20.8 Å². The summed E-state index contributed by atoms with van der Waals surface area (Å²) in [7, 11) is 0.768. The fraction of sp³-hybridized carbons (Fsp3) is 0.524. The van der Waals surface area contributed by atoms with Gasteiger partial charge < -0.3 is 14.5 Å². The molecule has 3 rings (SSSR count). The van der Waals surface area contributed by atoms with Crippen LogP contribution in [0.5, 0.6) is 0 Å². The summed E-state index contributed by atoms with van der Waals surface area (Å²) in [5, 5.41) is 20.7. The van der Waals surface area contributed by atoms with E-state index >= 15 is 4.39 Å². The van der Waals surface area contributed by atoms with Crippen LogP contribution in [0.4, 0.5) is 36.6 Å². The van der Waals surface area contributed by atoms with E-state index in [2.05, 4.69) is 25.3 Å². The van der Waals surface area contributed by atoms with E-state index < -0.39 is 35.1 Å². The SMILES string of the molecule is Cc1nc(-c2[nH]nc(-c3noc(C)c3C)c2C)nc(N(C)C(C)(C)C(O)(C(F)(F)F)C(F)(F)F)c1F. The number of hydrogen-bond acceptors (Lipinski definition) is 7. The summed E-state index contributed by atoms with van der Waals surface area (Å²) in [5.41, 5.74) is -6.78. The molecule has 0 spiro atoms. The number of aromatic amines is 1. The van der Waals surface area contributed by atoms with Crippen molar-refractivity contribution < 1.29 is 40.4 Å². The monoisotopic (exact) mass is 524 g/mol. The number of aliphatic hydroxyl groups is 1. The van der Waals surface area contributed by atoms with Crippen LogP contribution >= 0.6 is 0 Å². The van der Waals surface area contributed by atoms with E-state index in [1.807, 2.05) is 0 Å². The number of anilines is 1. The van der Waals surface area contributed by atoms with Crippen LogP contribution in [0.15, 0.2) is 4.52 Å². The highest BCUT2D eigenvalue weighted by Crippen LogP contribution is 2.51. The lowest BCUT2D eigenvalue weighted by Gasteiger charge is -2.49. The van der Waals surface area contributed by atoms with Crippen LogP contribution in [0, 0.1) is 33.5 Å². The Kier molecular flexibility index (Phi) is 6.40. The summed E-state index contributed by atoms with van der Waals surface area (Å²) in [4.78, 5) is 8.20. The molecule has 0 aliphatic rings. The van der Waals surface area contributed by atoms with E-state index in [9.17, 15) is 31.4 Å². The topological polar surface area (TPSA) is 104 Å². The van der Waals surface area contributed by atoms with Crippen molar-refractivity contribution in [3.05, 3.63) is 28.4 Å². The largest absolute Gasteiger partial charge is 0.428 e. The summed E-state index contributed by atoms with van der Waals surface area (Å²) in [5.74, 6) is -1.86. The van der Waals surface area contributed by atoms with Crippen molar-refractivity contribution in [3.63, 3.8) is 0 Å². The molecule has 3 aromatic heterocycles. The highest BCUT2D eigenvalue weighted by molar-refractivity contribution is 5.71. The zero-order chi connectivity index (χ0) is 27.6. The number of aromatic nitrogens is 5. The van der Waals surface area contributed by atoms with Gasteiger partial charge in [0.25, 0.3) is 5.60 Å². The van der Waals surface area contributed by atoms with Crippen LogP contribution in [0.25, 0.3) is 22.9 Å². The van der Waals surface area contributed by atoms with Crippen LogP contribution < -0.4 is 4.90 Å². The molecule has 2 N–H and O–H groups in total. The van der Waals surface area contributed by atoms with Gasteiger partial charge in [-0.15, -0.1) is 0 Å². The van der Waals surface area contributed by atoms with Crippen LogP contribution in [-0.2, 0) is 0 Å². The molecule has 0 aliphatic heterocycles. The quantitative estimate of drug-likeness (QED) is 0.455. The van der Waals surface area contributed by atoms with E-state index in [4.69, 9.17) is 4.52 Å². The van der Waals surface area contributed by atoms with E-state index in [0.29, 0.717) is 47.0 Å². The predicted octanol–water partition coefficient (Wildman–Crippen LogP) is 4.96. The second kappa shape index (κ2) is 8.42. The Hall–Kier alpha value is -3.23. The van der Waals surface area contributed by atoms with Crippen molar-refractivity contribution in [3.8, 4) is 22.9 Å². The van der Waals surface area contributed by atoms with Gasteiger partial charge in [0.05, 0.1) is 11.2 Å². The molecule has 0 bridgehead atoms. The van der Waals surface area contributed by atoms with Gasteiger partial charge in [-0.2, -0.15) is 31.4 Å². The molecule has 0 saturated heterocycles. The van der Waals surface area contributed by atoms with Crippen LogP contribution in [-0.4, -0.2) is 61.0 Å². The first-order valence-corrected chi connectivity index (χ1v) is 10.4. The second-order valence-corrected chi connectivity index (χ2v) is 8.88. The van der Waals surface area contributed by atoms with Gasteiger partial charge in [-0.25, -0.2) is 14.4 Å². The Bertz CT molecular complexity index is 1280. The first-order valence-electron chi connectivity index (χ1n) is 10.4. The van der Waals surface area contributed by atoms with E-state index in [1.165, 1.54) is 6.92 Å². The van der Waals surface area contributed by atoms with Gasteiger partial charge in [0.15, 0.2) is 17.5 Å². The number of aryl methyl sites for hydroxylation is 2. The molecule has 15 heteroatoms. The fourth-order valence-electron chi connectivity index (χ4n) is 3.72. The van der Waals surface area contributed by atoms with Gasteiger partial charge in [-0.3, -0.25) is 5.10 Å². The molecule has 0 radical (unpaired) electrons. The maximum absolute atomic E-state index is 15.0. The second-order valence-electron chi connectivity index (χ2n) is 8.88. The van der Waals surface area contributed by atoms with Crippen molar-refractivity contribution in [2.24, 2.45) is 0 Å². The minimum absolute atomic E-state index is 0.127. The molecule has 0 amide bonds. The maximum Gasteiger partial charge on any atom is 0.428 e. The Morgan fingerprint density at radius 1 is 0.889 bits per heavy atom. The van der Waals surface area contributed by atoms with Gasteiger partial charge in [0, 0.05) is 18.2 Å². The molecule has 198 valence electrons. The van der Waals surface area contributed by atoms with Crippen molar-refractivity contribution in [2.45, 2.75) is 65.0 Å². The smallest absolute Gasteiger partial charge is 0.372 e. The number of likely N-dealkylation sites (N-methyl/N-ethyl adjacent to an activating group) is 1. The first kappa shape index (κ1) is 27.4. The standard InChI is InChI=1S/C21H23F7N6O2/c1-8-11(4)36-33-14(8)13-9(2)15(32-31-13)16-29-10(3)12(22)17(30-16)34(7)18(5,6)19(35,20(23,24)25)21(26,27)28/h35H,1-7H3,(H,31,32). The molecule has 3 aromatic rings. The summed E-state index contributed by atoms with van der Waals surface area (Å²) in [6, 6.07) is 0. The predicted molar refractivity (Wildman–Crippen MR) is 114 cm³/mol. The van der Waals surface area contributed by atoms with Crippen LogP contribution in [0.1, 0.15) is 36.4 Å². The molecule has 36 heavy (non-hydrogen) atoms. The molecule has 0 unspecified atom stereocenters. The normalized spacial score (nSPS) is 13.4. The molecule has 0 aromatic carbocycles. The number of nitrogens with one attached hydrogen (secondary N) is 1. The van der Waals surface area contributed by atoms with Crippen molar-refractivity contribution in [2.75, 3.05) is 11.9 Å². The molecular weight excluding hydrogens is 501 g/mol. The molecule has 0 aliphatic carbocycles. The van der Waals surface area contributed by atoms with E-state index in [-0.39, 0.29) is 17.2 Å². The molecule has 0 saturated carbocycles. The molecule has 0 fully saturated rings. The summed E-state index contributed by atoms with van der Waals surface area (Å²) in [6.45, 7) is 7.17. The molecule has 3 heterocycles. The Balaban J connectivity index is 2.18. The molecule has 0 atom stereocenters. The van der Waals surface area contributed by atoms with Crippen molar-refractivity contribution in [1.29, 1.82) is 0 Å². The van der Waals surface area contributed by atoms with E-state index in [0.717, 1.165) is 7.05 Å². The number of alkyl halides is 6. The number of H-pyrrole nitrogens is 1. The third-order valence-electron chi connectivity index (χ3n) is 6.48. The Labute approximate surface area is 200 Å². The van der Waals surface area contributed by atoms with Gasteiger partial charge in [-0.1, -0.05) is 5.16 Å². The average molecular weight is 524 g/mol. The molecular formula is C21H23F7N6O2. The first-order chi connectivity index (χ1) is 16.3. The van der Waals surface area contributed by atoms with Crippen LogP contribution in [0.3, 0.4) is 0 Å². The highest BCUT2D eigenvalue weighted by atomic mass is 19.4. The highest BCUT2D eigenvalue weighted by Gasteiger charge is 2.78. The summed E-state index contributed by atoms with van der Waals surface area (Å²) < 4.78 is 102. The number of hydrogen-bond donors (Lipinski definition) is 2. The lowest BCUT2D eigenvalue weighted by molar-refractivity contribution is -0.384. The third-order valence-corrected chi connectivity index (χ3v) is 6.48. The minimum Gasteiger partial charge on any atom is -0.372 e. The average Bonchev–Trinajstić information content (AvgIpc) is 3.28. The van der Waals surface area contributed by atoms with Crippen molar-refractivity contribution >= 4 is 5.82 Å². The zero-order valence-electron chi connectivity index (χ0n) is 20.2. The van der Waals surface area contributed by atoms with Gasteiger partial charge >= 0.3 is 12.4 Å². The van der Waals surface area contributed by atoms with Crippen molar-refractivity contribution in [1.82, 2.24) is 25.3 Å². The lowest BCUT2D eigenvalue weighted by Crippen LogP contribution is -2.73. The van der Waals surface area contributed by atoms with Gasteiger partial charge in [0.1, 0.15) is 22.8 Å². The zero-order valence-corrected chi connectivity index (χ0v) is 20.2. The number of rotatable bonds is 5. The Morgan fingerprint density at radius 3 is 1.92 bits per heavy atom. The summed E-state index contributed by atoms with van der Waals surface area (Å²) in [6.07, 6.45) is -12.3. The van der Waals surface area contributed by atoms with Crippen LogP contribution in [0.2, 0.25) is 0 Å². The fourth-order valence-corrected chi connectivity index (χ4v) is 3.72. The molecule has 8 nitrogen and oxygen atoms in total. The minimum atomic E-state index is -6.15. The lowest BCUT2D eigenvalue weighted by atomic mass is 9.79. The third kappa shape index (κ3) is 3.89. The Morgan fingerprint density at radius 2 is 1.44 bits per heavy atom. The summed E-state index contributed by atoms with van der Waals surface area (Å²) >= 11 is 0. The van der Waals surface area contributed by atoms with Gasteiger partial charge in [-0.05, 0) is 41.5 Å². The van der Waals surface area contributed by atoms with Gasteiger partial charge in [0.2, 0.25) is 0 Å². The maximum atomic E-state index is 15.0. The number of halogens is 7.